The summed E-state index contributed by atoms with van der Waals surface area (Å²) in [5, 5.41) is 13.5. The lowest BCUT2D eigenvalue weighted by molar-refractivity contribution is -0.384. The zero-order chi connectivity index (χ0) is 12.1. The Balaban J connectivity index is 2.78. The van der Waals surface area contributed by atoms with Gasteiger partial charge in [0.05, 0.1) is 9.95 Å². The molecule has 16 heavy (non-hydrogen) atoms. The Kier molecular flexibility index (Phi) is 4.01. The molecule has 1 heterocycles. The van der Waals surface area contributed by atoms with Gasteiger partial charge in [-0.15, -0.1) is 0 Å². The van der Waals surface area contributed by atoms with E-state index < -0.39 is 10.8 Å². The number of nitrogens with zero attached hydrogens (tertiary/aromatic N) is 2. The van der Waals surface area contributed by atoms with Gasteiger partial charge in [0.1, 0.15) is 0 Å². The van der Waals surface area contributed by atoms with Crippen LogP contribution >= 0.6 is 11.6 Å². The quantitative estimate of drug-likeness (QED) is 0.591. The Hall–Kier alpha value is -1.89. The molecule has 8 heteroatoms. The molecule has 86 valence electrons. The number of carbonyl (C=O) groups is 1. The minimum Gasteiger partial charge on any atom is -0.370 e. The molecule has 0 saturated heterocycles. The fraction of sp³-hybridized carbons (Fsp3) is 0.250. The van der Waals surface area contributed by atoms with Crippen LogP contribution in [-0.2, 0) is 4.79 Å². The summed E-state index contributed by atoms with van der Waals surface area (Å²) in [6.45, 7) is 0.185. The normalized spacial score (nSPS) is 9.81. The summed E-state index contributed by atoms with van der Waals surface area (Å²) in [6.07, 6.45) is 1.35. The first-order valence-corrected chi connectivity index (χ1v) is 4.70. The van der Waals surface area contributed by atoms with Crippen molar-refractivity contribution in [2.45, 2.75) is 6.42 Å². The van der Waals surface area contributed by atoms with E-state index in [1.54, 1.807) is 0 Å². The average molecular weight is 245 g/mol. The Morgan fingerprint density at radius 1 is 1.69 bits per heavy atom. The van der Waals surface area contributed by atoms with Crippen molar-refractivity contribution in [2.75, 3.05) is 11.9 Å². The first-order chi connectivity index (χ1) is 7.50. The lowest BCUT2D eigenvalue weighted by Gasteiger charge is -2.04. The highest BCUT2D eigenvalue weighted by Gasteiger charge is 2.15. The van der Waals surface area contributed by atoms with Crippen LogP contribution in [0, 0.1) is 10.1 Å². The number of rotatable bonds is 5. The van der Waals surface area contributed by atoms with Crippen molar-refractivity contribution in [1.29, 1.82) is 0 Å². The van der Waals surface area contributed by atoms with Gasteiger partial charge in [-0.1, -0.05) is 11.6 Å². The van der Waals surface area contributed by atoms with Gasteiger partial charge in [0.25, 0.3) is 0 Å². The van der Waals surface area contributed by atoms with Crippen LogP contribution in [0.3, 0.4) is 0 Å². The third-order valence-corrected chi connectivity index (χ3v) is 1.90. The van der Waals surface area contributed by atoms with Gasteiger partial charge >= 0.3 is 5.69 Å². The first-order valence-electron chi connectivity index (χ1n) is 4.33. The van der Waals surface area contributed by atoms with E-state index in [1.807, 2.05) is 0 Å². The van der Waals surface area contributed by atoms with E-state index in [4.69, 9.17) is 17.3 Å². The van der Waals surface area contributed by atoms with E-state index >= 15 is 0 Å². The molecule has 0 aliphatic rings. The van der Waals surface area contributed by atoms with Crippen molar-refractivity contribution in [1.82, 2.24) is 4.98 Å². The summed E-state index contributed by atoms with van der Waals surface area (Å²) in [6, 6.07) is 1.18. The maximum atomic E-state index is 10.6. The van der Waals surface area contributed by atoms with E-state index in [2.05, 4.69) is 10.3 Å². The van der Waals surface area contributed by atoms with Crippen LogP contribution in [0.4, 0.5) is 11.5 Å². The molecule has 0 unspecified atom stereocenters. The van der Waals surface area contributed by atoms with Gasteiger partial charge in [-0.3, -0.25) is 14.9 Å². The molecule has 7 nitrogen and oxygen atoms in total. The molecule has 0 atom stereocenters. The number of carbonyl (C=O) groups excluding carboxylic acids is 1. The largest absolute Gasteiger partial charge is 0.370 e. The van der Waals surface area contributed by atoms with E-state index in [0.29, 0.717) is 0 Å². The molecule has 0 aliphatic carbocycles. The number of primary amides is 1. The predicted octanol–water partition coefficient (Wildman–Crippen LogP) is 0.930. The summed E-state index contributed by atoms with van der Waals surface area (Å²) in [7, 11) is 0. The number of hydrogen-bond donors (Lipinski definition) is 2. The van der Waals surface area contributed by atoms with Gasteiger partial charge in [-0.05, 0) is 0 Å². The zero-order valence-corrected chi connectivity index (χ0v) is 8.90. The first kappa shape index (κ1) is 12.2. The third kappa shape index (κ3) is 3.35. The number of nitro groups is 1. The molecule has 0 bridgehead atoms. The SMILES string of the molecule is NC(=O)CCNc1ncc(Cl)cc1[N+](=O)[O-]. The average Bonchev–Trinajstić information content (AvgIpc) is 2.19. The molecule has 1 aromatic heterocycles. The number of hydrogen-bond acceptors (Lipinski definition) is 5. The fourth-order valence-corrected chi connectivity index (χ4v) is 1.16. The van der Waals surface area contributed by atoms with Crippen LogP contribution in [0.2, 0.25) is 5.02 Å². The predicted molar refractivity (Wildman–Crippen MR) is 58.2 cm³/mol. The van der Waals surface area contributed by atoms with Gasteiger partial charge in [-0.2, -0.15) is 0 Å². The Morgan fingerprint density at radius 3 is 2.94 bits per heavy atom. The Bertz CT molecular complexity index is 424. The second-order valence-electron chi connectivity index (χ2n) is 2.92. The second-order valence-corrected chi connectivity index (χ2v) is 3.36. The third-order valence-electron chi connectivity index (χ3n) is 1.69. The van der Waals surface area contributed by atoms with Gasteiger partial charge in [0.2, 0.25) is 11.7 Å². The Morgan fingerprint density at radius 2 is 2.38 bits per heavy atom. The fourth-order valence-electron chi connectivity index (χ4n) is 1.01. The molecule has 0 spiro atoms. The van der Waals surface area contributed by atoms with Gasteiger partial charge in [0.15, 0.2) is 0 Å². The summed E-state index contributed by atoms with van der Waals surface area (Å²) in [4.78, 5) is 24.3. The van der Waals surface area contributed by atoms with E-state index in [1.165, 1.54) is 12.3 Å². The van der Waals surface area contributed by atoms with Crippen LogP contribution in [-0.4, -0.2) is 22.4 Å². The van der Waals surface area contributed by atoms with Crippen molar-refractivity contribution in [3.8, 4) is 0 Å². The lowest BCUT2D eigenvalue weighted by atomic mass is 10.3. The van der Waals surface area contributed by atoms with Crippen LogP contribution in [0.1, 0.15) is 6.42 Å². The van der Waals surface area contributed by atoms with Gasteiger partial charge in [0, 0.05) is 25.2 Å². The topological polar surface area (TPSA) is 111 Å². The smallest absolute Gasteiger partial charge is 0.312 e. The van der Waals surface area contributed by atoms with Crippen LogP contribution in [0.15, 0.2) is 12.3 Å². The number of nitrogens with one attached hydrogen (secondary N) is 1. The van der Waals surface area contributed by atoms with Crippen LogP contribution in [0.5, 0.6) is 0 Å². The van der Waals surface area contributed by atoms with E-state index in [0.717, 1.165) is 0 Å². The highest BCUT2D eigenvalue weighted by atomic mass is 35.5. The molecule has 0 saturated carbocycles. The molecule has 0 fully saturated rings. The van der Waals surface area contributed by atoms with Crippen molar-refractivity contribution in [3.63, 3.8) is 0 Å². The van der Waals surface area contributed by atoms with Gasteiger partial charge in [-0.25, -0.2) is 4.98 Å². The number of amides is 1. The zero-order valence-electron chi connectivity index (χ0n) is 8.14. The number of halogens is 1. The number of aromatic nitrogens is 1. The molecule has 3 N–H and O–H groups in total. The highest BCUT2D eigenvalue weighted by Crippen LogP contribution is 2.24. The molecule has 0 radical (unpaired) electrons. The molecule has 1 amide bonds. The lowest BCUT2D eigenvalue weighted by Crippen LogP contribution is -2.16. The van der Waals surface area contributed by atoms with Crippen molar-refractivity contribution < 1.29 is 9.72 Å². The van der Waals surface area contributed by atoms with Crippen LogP contribution < -0.4 is 11.1 Å². The minimum absolute atomic E-state index is 0.0654. The summed E-state index contributed by atoms with van der Waals surface area (Å²) >= 11 is 5.58. The van der Waals surface area contributed by atoms with Crippen molar-refractivity contribution >= 4 is 29.0 Å². The second kappa shape index (κ2) is 5.26. The monoisotopic (exact) mass is 244 g/mol. The number of nitrogens with two attached hydrogens (primary N) is 1. The number of pyridine rings is 1. The molecule has 0 aliphatic heterocycles. The minimum atomic E-state index is -0.606. The molecule has 1 aromatic rings. The van der Waals surface area contributed by atoms with E-state index in [-0.39, 0.29) is 29.5 Å². The van der Waals surface area contributed by atoms with Gasteiger partial charge < -0.3 is 11.1 Å². The van der Waals surface area contributed by atoms with Crippen molar-refractivity contribution in [2.24, 2.45) is 5.73 Å². The highest BCUT2D eigenvalue weighted by molar-refractivity contribution is 6.30. The van der Waals surface area contributed by atoms with E-state index in [9.17, 15) is 14.9 Å². The summed E-state index contributed by atoms with van der Waals surface area (Å²) in [5.74, 6) is -0.431. The maximum absolute atomic E-state index is 10.6. The number of anilines is 1. The van der Waals surface area contributed by atoms with Crippen molar-refractivity contribution in [3.05, 3.63) is 27.4 Å². The summed E-state index contributed by atoms with van der Waals surface area (Å²) < 4.78 is 0. The molecular formula is C8H9ClN4O3. The Labute approximate surface area is 95.8 Å². The molecular weight excluding hydrogens is 236 g/mol. The molecule has 1 rings (SSSR count). The maximum Gasteiger partial charge on any atom is 0.312 e. The molecule has 0 aromatic carbocycles. The standard InChI is InChI=1S/C8H9ClN4O3/c9-5-3-6(13(15)16)8(12-4-5)11-2-1-7(10)14/h3-4H,1-2H2,(H2,10,14)(H,11,12). The summed E-state index contributed by atoms with van der Waals surface area (Å²) in [5.41, 5.74) is 4.69. The van der Waals surface area contributed by atoms with Crippen LogP contribution in [0.25, 0.3) is 0 Å².